The molecule has 2 heterocycles. The first kappa shape index (κ1) is 17.8. The molecule has 1 aliphatic carbocycles. The molecule has 2 N–H and O–H groups in total. The first-order valence-corrected chi connectivity index (χ1v) is 9.89. The van der Waals surface area contributed by atoms with E-state index in [9.17, 15) is 14.3 Å². The van der Waals surface area contributed by atoms with Gasteiger partial charge in [-0.3, -0.25) is 4.79 Å². The molecule has 7 heteroatoms. The van der Waals surface area contributed by atoms with Gasteiger partial charge in [0.1, 0.15) is 17.4 Å². The number of halogens is 1. The molecule has 148 valence electrons. The molecule has 0 unspecified atom stereocenters. The average Bonchev–Trinajstić information content (AvgIpc) is 3.47. The van der Waals surface area contributed by atoms with Crippen molar-refractivity contribution in [1.82, 2.24) is 15.3 Å². The number of rotatable bonds is 4. The lowest BCUT2D eigenvalue weighted by atomic mass is 10.1. The summed E-state index contributed by atoms with van der Waals surface area (Å²) >= 11 is 0. The fraction of sp³-hybridized carbons (Fsp3) is 0.318. The van der Waals surface area contributed by atoms with Gasteiger partial charge in [-0.15, -0.1) is 0 Å². The summed E-state index contributed by atoms with van der Waals surface area (Å²) in [5.74, 6) is 1.06. The first-order chi connectivity index (χ1) is 14.1. The molecule has 3 aromatic rings. The zero-order valence-electron chi connectivity index (χ0n) is 15.8. The van der Waals surface area contributed by atoms with Gasteiger partial charge in [0.15, 0.2) is 5.82 Å². The van der Waals surface area contributed by atoms with Crippen LogP contribution in [0.25, 0.3) is 22.3 Å². The van der Waals surface area contributed by atoms with Crippen LogP contribution >= 0.6 is 0 Å². The summed E-state index contributed by atoms with van der Waals surface area (Å²) in [5, 5.41) is 14.0. The van der Waals surface area contributed by atoms with Crippen LogP contribution in [0, 0.1) is 11.7 Å². The number of nitrogens with zero attached hydrogens (tertiary/aromatic N) is 3. The van der Waals surface area contributed by atoms with Gasteiger partial charge in [0.25, 0.3) is 0 Å². The number of aromatic nitrogens is 2. The van der Waals surface area contributed by atoms with E-state index in [0.29, 0.717) is 41.2 Å². The maximum absolute atomic E-state index is 14.0. The van der Waals surface area contributed by atoms with E-state index in [1.165, 1.54) is 12.1 Å². The predicted octanol–water partition coefficient (Wildman–Crippen LogP) is 3.25. The molecule has 0 radical (unpaired) electrons. The lowest BCUT2D eigenvalue weighted by molar-refractivity contribution is -0.122. The highest BCUT2D eigenvalue weighted by Crippen LogP contribution is 2.33. The summed E-state index contributed by atoms with van der Waals surface area (Å²) in [4.78, 5) is 23.4. The molecule has 0 spiro atoms. The first-order valence-electron chi connectivity index (χ1n) is 9.89. The Morgan fingerprint density at radius 1 is 1.14 bits per heavy atom. The minimum Gasteiger partial charge on any atom is -0.507 e. The third kappa shape index (κ3) is 3.48. The number of benzene rings is 2. The summed E-state index contributed by atoms with van der Waals surface area (Å²) < 4.78 is 14.0. The number of aromatic hydroxyl groups is 1. The highest BCUT2D eigenvalue weighted by molar-refractivity contribution is 5.91. The van der Waals surface area contributed by atoms with E-state index in [4.69, 9.17) is 4.98 Å². The van der Waals surface area contributed by atoms with Gasteiger partial charge in [0.05, 0.1) is 11.1 Å². The molecule has 29 heavy (non-hydrogen) atoms. The Labute approximate surface area is 167 Å². The maximum atomic E-state index is 14.0. The number of para-hydroxylation sites is 1. The number of hydrogen-bond acceptors (Lipinski definition) is 5. The van der Waals surface area contributed by atoms with E-state index in [1.54, 1.807) is 24.3 Å². The second-order valence-corrected chi connectivity index (χ2v) is 7.76. The molecule has 6 nitrogen and oxygen atoms in total. The van der Waals surface area contributed by atoms with Crippen molar-refractivity contribution in [3.05, 3.63) is 48.3 Å². The van der Waals surface area contributed by atoms with Crippen molar-refractivity contribution in [2.24, 2.45) is 5.92 Å². The Morgan fingerprint density at radius 2 is 1.97 bits per heavy atom. The van der Waals surface area contributed by atoms with E-state index < -0.39 is 0 Å². The fourth-order valence-electron chi connectivity index (χ4n) is 3.84. The zero-order chi connectivity index (χ0) is 20.0. The molecule has 2 aliphatic rings. The summed E-state index contributed by atoms with van der Waals surface area (Å²) in [6, 6.07) is 11.4. The van der Waals surface area contributed by atoms with Crippen molar-refractivity contribution in [2.45, 2.75) is 25.3 Å². The third-order valence-corrected chi connectivity index (χ3v) is 5.56. The second kappa shape index (κ2) is 6.99. The molecular weight excluding hydrogens is 371 g/mol. The maximum Gasteiger partial charge on any atom is 0.223 e. The van der Waals surface area contributed by atoms with Gasteiger partial charge in [-0.25, -0.2) is 14.4 Å². The zero-order valence-corrected chi connectivity index (χ0v) is 15.8. The molecule has 1 aliphatic heterocycles. The highest BCUT2D eigenvalue weighted by Gasteiger charge is 2.33. The highest BCUT2D eigenvalue weighted by atomic mass is 19.1. The van der Waals surface area contributed by atoms with Crippen molar-refractivity contribution >= 4 is 22.6 Å². The van der Waals surface area contributed by atoms with Crippen molar-refractivity contribution in [2.75, 3.05) is 18.0 Å². The predicted molar refractivity (Wildman–Crippen MR) is 108 cm³/mol. The van der Waals surface area contributed by atoms with Crippen LogP contribution < -0.4 is 10.2 Å². The van der Waals surface area contributed by atoms with E-state index >= 15 is 0 Å². The monoisotopic (exact) mass is 392 g/mol. The number of anilines is 1. The normalized spacial score (nSPS) is 18.9. The number of phenols is 1. The number of amides is 1. The van der Waals surface area contributed by atoms with E-state index in [1.807, 2.05) is 6.07 Å². The van der Waals surface area contributed by atoms with Gasteiger partial charge in [0, 0.05) is 30.4 Å². The number of nitrogens with one attached hydrogen (secondary N) is 1. The number of hydrogen-bond donors (Lipinski definition) is 2. The molecule has 1 saturated heterocycles. The number of carbonyl (C=O) groups is 1. The molecule has 1 aromatic heterocycles. The molecule has 2 fully saturated rings. The van der Waals surface area contributed by atoms with Gasteiger partial charge >= 0.3 is 0 Å². The average molecular weight is 392 g/mol. The topological polar surface area (TPSA) is 78.4 Å². The standard InChI is InChI=1S/C22H21FN4O2/c23-14-7-8-18-17(11-14)21(26-20(25-18)16-3-1-2-4-19(16)28)27-10-9-15(12-27)24-22(29)13-5-6-13/h1-4,7-8,11,13,15,28H,5-6,9-10,12H2,(H,24,29)/t15-/m0/s1. The molecule has 2 aromatic carbocycles. The Morgan fingerprint density at radius 3 is 2.76 bits per heavy atom. The second-order valence-electron chi connectivity index (χ2n) is 7.76. The molecule has 1 amide bonds. The number of carbonyl (C=O) groups excluding carboxylic acids is 1. The SMILES string of the molecule is O=C(N[C@H]1CCN(c2nc(-c3ccccc3O)nc3ccc(F)cc23)C1)C1CC1. The van der Waals surface area contributed by atoms with E-state index in [-0.39, 0.29) is 29.4 Å². The van der Waals surface area contributed by atoms with Crippen molar-refractivity contribution < 1.29 is 14.3 Å². The van der Waals surface area contributed by atoms with Crippen LogP contribution in [-0.2, 0) is 4.79 Å². The minimum atomic E-state index is -0.351. The van der Waals surface area contributed by atoms with Crippen LogP contribution in [0.5, 0.6) is 5.75 Å². The van der Waals surface area contributed by atoms with Crippen LogP contribution in [0.2, 0.25) is 0 Å². The summed E-state index contributed by atoms with van der Waals surface area (Å²) in [6.45, 7) is 1.32. The largest absolute Gasteiger partial charge is 0.507 e. The van der Waals surface area contributed by atoms with Crippen LogP contribution in [0.3, 0.4) is 0 Å². The Kier molecular flexibility index (Phi) is 4.30. The third-order valence-electron chi connectivity index (χ3n) is 5.56. The van der Waals surface area contributed by atoms with Crippen LogP contribution in [0.15, 0.2) is 42.5 Å². The lowest BCUT2D eigenvalue weighted by Crippen LogP contribution is -2.38. The Bertz CT molecular complexity index is 1100. The van der Waals surface area contributed by atoms with Crippen LogP contribution in [0.4, 0.5) is 10.2 Å². The summed E-state index contributed by atoms with van der Waals surface area (Å²) in [7, 11) is 0. The summed E-state index contributed by atoms with van der Waals surface area (Å²) in [6.07, 6.45) is 2.76. The van der Waals surface area contributed by atoms with E-state index in [2.05, 4.69) is 15.2 Å². The van der Waals surface area contributed by atoms with Gasteiger partial charge in [-0.05, 0) is 49.6 Å². The molecule has 1 saturated carbocycles. The number of fused-ring (bicyclic) bond motifs is 1. The van der Waals surface area contributed by atoms with Gasteiger partial charge in [-0.1, -0.05) is 12.1 Å². The molecule has 1 atom stereocenters. The smallest absolute Gasteiger partial charge is 0.223 e. The quantitative estimate of drug-likeness (QED) is 0.713. The summed E-state index contributed by atoms with van der Waals surface area (Å²) in [5.41, 5.74) is 1.14. The molecular formula is C22H21FN4O2. The van der Waals surface area contributed by atoms with Crippen LogP contribution in [-0.4, -0.2) is 40.1 Å². The van der Waals surface area contributed by atoms with Crippen molar-refractivity contribution in [3.8, 4) is 17.1 Å². The Hall–Kier alpha value is -3.22. The van der Waals surface area contributed by atoms with Crippen molar-refractivity contribution in [1.29, 1.82) is 0 Å². The number of phenolic OH excluding ortho intramolecular Hbond substituents is 1. The van der Waals surface area contributed by atoms with Gasteiger partial charge in [-0.2, -0.15) is 0 Å². The lowest BCUT2D eigenvalue weighted by Gasteiger charge is -2.21. The van der Waals surface area contributed by atoms with Gasteiger partial charge < -0.3 is 15.3 Å². The Balaban J connectivity index is 1.52. The van der Waals surface area contributed by atoms with Gasteiger partial charge in [0.2, 0.25) is 5.91 Å². The fourth-order valence-corrected chi connectivity index (χ4v) is 3.84. The van der Waals surface area contributed by atoms with Crippen LogP contribution in [0.1, 0.15) is 19.3 Å². The molecule has 5 rings (SSSR count). The molecule has 0 bridgehead atoms. The van der Waals surface area contributed by atoms with E-state index in [0.717, 1.165) is 19.3 Å². The van der Waals surface area contributed by atoms with Crippen molar-refractivity contribution in [3.63, 3.8) is 0 Å². The minimum absolute atomic E-state index is 0.0512.